The van der Waals surface area contributed by atoms with E-state index in [1.165, 1.54) is 19.3 Å². The van der Waals surface area contributed by atoms with Crippen LogP contribution in [0, 0.1) is 22.2 Å². The highest BCUT2D eigenvalue weighted by Gasteiger charge is 2.62. The van der Waals surface area contributed by atoms with Crippen LogP contribution in [-0.4, -0.2) is 50.2 Å². The maximum atomic E-state index is 13.1. The maximum absolute atomic E-state index is 13.1. The van der Waals surface area contributed by atoms with E-state index in [0.29, 0.717) is 16.7 Å². The van der Waals surface area contributed by atoms with Gasteiger partial charge in [-0.2, -0.15) is 0 Å². The van der Waals surface area contributed by atoms with Gasteiger partial charge in [0, 0.05) is 19.6 Å². The molecule has 0 spiro atoms. The van der Waals surface area contributed by atoms with Crippen molar-refractivity contribution in [2.45, 2.75) is 58.8 Å². The Hall–Kier alpha value is -0.610. The van der Waals surface area contributed by atoms with Crippen molar-refractivity contribution in [2.24, 2.45) is 22.2 Å². The van der Waals surface area contributed by atoms with E-state index in [0.717, 1.165) is 71.0 Å². The summed E-state index contributed by atoms with van der Waals surface area (Å²) in [7, 11) is 0. The number of rotatable bonds is 5. The van der Waals surface area contributed by atoms with Gasteiger partial charge >= 0.3 is 0 Å². The van der Waals surface area contributed by atoms with Crippen LogP contribution in [0.15, 0.2) is 0 Å². The van der Waals surface area contributed by atoms with Gasteiger partial charge in [-0.25, -0.2) is 0 Å². The van der Waals surface area contributed by atoms with Gasteiger partial charge in [0.15, 0.2) is 0 Å². The fourth-order valence-corrected chi connectivity index (χ4v) is 7.22. The first-order valence-corrected chi connectivity index (χ1v) is 9.99. The van der Waals surface area contributed by atoms with Crippen LogP contribution >= 0.6 is 0 Å². The molecule has 0 radical (unpaired) electrons. The average molecular weight is 335 g/mol. The molecule has 2 atom stereocenters. The fraction of sp³-hybridized carbons (Fsp3) is 0.950. The average Bonchev–Trinajstić information content (AvgIpc) is 2.49. The number of ether oxygens (including phenoxy) is 1. The third-order valence-electron chi connectivity index (χ3n) is 7.15. The molecule has 5 fully saturated rings. The molecule has 1 saturated heterocycles. The Labute approximate surface area is 146 Å². The standard InChI is InChI=1S/C20H34N2O2/c1-18-10-16-11-19(2,13-18)15-20(12-16,14-18)17(23)21-4-3-5-22-6-8-24-9-7-22/h16H,3-15H2,1-2H3,(H,21,23). The number of carbonyl (C=O) groups excluding carboxylic acids is 1. The molecule has 4 nitrogen and oxygen atoms in total. The second kappa shape index (κ2) is 5.98. The Morgan fingerprint density at radius 1 is 1.08 bits per heavy atom. The molecule has 24 heavy (non-hydrogen) atoms. The molecule has 4 heteroatoms. The lowest BCUT2D eigenvalue weighted by atomic mass is 9.40. The molecule has 1 heterocycles. The van der Waals surface area contributed by atoms with Crippen molar-refractivity contribution in [3.05, 3.63) is 0 Å². The van der Waals surface area contributed by atoms with E-state index in [4.69, 9.17) is 4.74 Å². The highest BCUT2D eigenvalue weighted by atomic mass is 16.5. The Morgan fingerprint density at radius 2 is 1.75 bits per heavy atom. The summed E-state index contributed by atoms with van der Waals surface area (Å²) in [6.45, 7) is 10.6. The van der Waals surface area contributed by atoms with Gasteiger partial charge in [0.1, 0.15) is 0 Å². The molecule has 4 aliphatic carbocycles. The highest BCUT2D eigenvalue weighted by Crippen LogP contribution is 2.69. The van der Waals surface area contributed by atoms with Crippen LogP contribution < -0.4 is 5.32 Å². The molecule has 5 rings (SSSR count). The smallest absolute Gasteiger partial charge is 0.226 e. The molecule has 4 saturated carbocycles. The van der Waals surface area contributed by atoms with Gasteiger partial charge < -0.3 is 10.1 Å². The predicted octanol–water partition coefficient (Wildman–Crippen LogP) is 2.82. The zero-order chi connectivity index (χ0) is 16.8. The summed E-state index contributed by atoms with van der Waals surface area (Å²) in [5, 5.41) is 3.32. The second-order valence-corrected chi connectivity index (χ2v) is 9.97. The van der Waals surface area contributed by atoms with E-state index in [2.05, 4.69) is 24.1 Å². The quantitative estimate of drug-likeness (QED) is 0.786. The second-order valence-electron chi connectivity index (χ2n) is 9.97. The minimum Gasteiger partial charge on any atom is -0.379 e. The number of hydrogen-bond donors (Lipinski definition) is 1. The summed E-state index contributed by atoms with van der Waals surface area (Å²) in [4.78, 5) is 15.5. The van der Waals surface area contributed by atoms with Crippen molar-refractivity contribution in [1.29, 1.82) is 0 Å². The summed E-state index contributed by atoms with van der Waals surface area (Å²) in [6, 6.07) is 0. The Morgan fingerprint density at radius 3 is 2.38 bits per heavy atom. The number of morpholine rings is 1. The third kappa shape index (κ3) is 3.12. The van der Waals surface area contributed by atoms with Crippen molar-refractivity contribution >= 4 is 5.91 Å². The van der Waals surface area contributed by atoms with Crippen molar-refractivity contribution in [1.82, 2.24) is 10.2 Å². The summed E-state index contributed by atoms with van der Waals surface area (Å²) in [5.74, 6) is 1.15. The number of carbonyl (C=O) groups is 1. The van der Waals surface area contributed by atoms with Crippen LogP contribution in [0.25, 0.3) is 0 Å². The van der Waals surface area contributed by atoms with Crippen LogP contribution in [0.4, 0.5) is 0 Å². The SMILES string of the molecule is CC12CC3CC(C)(C1)CC(C(=O)NCCCN1CCOCC1)(C3)C2. The van der Waals surface area contributed by atoms with Crippen LogP contribution in [0.5, 0.6) is 0 Å². The van der Waals surface area contributed by atoms with Gasteiger partial charge in [0.2, 0.25) is 5.91 Å². The summed E-state index contributed by atoms with van der Waals surface area (Å²) < 4.78 is 5.39. The van der Waals surface area contributed by atoms with Gasteiger partial charge in [-0.05, 0) is 68.2 Å². The van der Waals surface area contributed by atoms with Gasteiger partial charge in [0.05, 0.1) is 18.6 Å². The van der Waals surface area contributed by atoms with Gasteiger partial charge in [-0.1, -0.05) is 13.8 Å². The Bertz CT molecular complexity index is 482. The molecule has 0 aromatic rings. The molecule has 0 aromatic carbocycles. The normalized spacial score (nSPS) is 44.7. The first-order valence-electron chi connectivity index (χ1n) is 9.99. The summed E-state index contributed by atoms with van der Waals surface area (Å²) in [5.41, 5.74) is 0.778. The van der Waals surface area contributed by atoms with E-state index in [1.807, 2.05) is 0 Å². The molecule has 5 aliphatic rings. The molecular weight excluding hydrogens is 300 g/mol. The summed E-state index contributed by atoms with van der Waals surface area (Å²) >= 11 is 0. The monoisotopic (exact) mass is 334 g/mol. The molecule has 4 bridgehead atoms. The molecule has 0 aromatic heterocycles. The highest BCUT2D eigenvalue weighted by molar-refractivity contribution is 5.83. The summed E-state index contributed by atoms with van der Waals surface area (Å²) in [6.07, 6.45) is 8.50. The molecular formula is C20H34N2O2. The zero-order valence-electron chi connectivity index (χ0n) is 15.5. The first kappa shape index (κ1) is 16.8. The van der Waals surface area contributed by atoms with Crippen LogP contribution in [-0.2, 0) is 9.53 Å². The zero-order valence-corrected chi connectivity index (χ0v) is 15.5. The number of amides is 1. The molecule has 1 amide bonds. The van der Waals surface area contributed by atoms with E-state index < -0.39 is 0 Å². The lowest BCUT2D eigenvalue weighted by Crippen LogP contribution is -2.60. The minimum absolute atomic E-state index is 0.0537. The number of hydrogen-bond acceptors (Lipinski definition) is 3. The number of nitrogens with zero attached hydrogens (tertiary/aromatic N) is 1. The number of nitrogens with one attached hydrogen (secondary N) is 1. The van der Waals surface area contributed by atoms with Crippen molar-refractivity contribution in [3.8, 4) is 0 Å². The first-order chi connectivity index (χ1) is 11.4. The third-order valence-corrected chi connectivity index (χ3v) is 7.15. The van der Waals surface area contributed by atoms with Crippen molar-refractivity contribution in [3.63, 3.8) is 0 Å². The molecule has 136 valence electrons. The molecule has 1 N–H and O–H groups in total. The molecule has 2 unspecified atom stereocenters. The van der Waals surface area contributed by atoms with E-state index >= 15 is 0 Å². The molecule has 1 aliphatic heterocycles. The van der Waals surface area contributed by atoms with Crippen LogP contribution in [0.2, 0.25) is 0 Å². The van der Waals surface area contributed by atoms with E-state index in [1.54, 1.807) is 0 Å². The van der Waals surface area contributed by atoms with E-state index in [9.17, 15) is 4.79 Å². The van der Waals surface area contributed by atoms with Gasteiger partial charge in [0.25, 0.3) is 0 Å². The maximum Gasteiger partial charge on any atom is 0.226 e. The van der Waals surface area contributed by atoms with Gasteiger partial charge in [-0.3, -0.25) is 9.69 Å². The fourth-order valence-electron chi connectivity index (χ4n) is 7.22. The van der Waals surface area contributed by atoms with Crippen LogP contribution in [0.3, 0.4) is 0 Å². The van der Waals surface area contributed by atoms with Crippen LogP contribution in [0.1, 0.15) is 58.8 Å². The van der Waals surface area contributed by atoms with E-state index in [-0.39, 0.29) is 5.41 Å². The minimum atomic E-state index is -0.0537. The van der Waals surface area contributed by atoms with Crippen molar-refractivity contribution < 1.29 is 9.53 Å². The lowest BCUT2D eigenvalue weighted by Gasteiger charge is -2.64. The van der Waals surface area contributed by atoms with Crippen molar-refractivity contribution in [2.75, 3.05) is 39.4 Å². The Kier molecular flexibility index (Phi) is 4.20. The van der Waals surface area contributed by atoms with Gasteiger partial charge in [-0.15, -0.1) is 0 Å². The topological polar surface area (TPSA) is 41.6 Å². The predicted molar refractivity (Wildman–Crippen MR) is 94.7 cm³/mol. The lowest BCUT2D eigenvalue weighted by molar-refractivity contribution is -0.170. The largest absolute Gasteiger partial charge is 0.379 e. The Balaban J connectivity index is 1.31.